The molecule has 0 aromatic heterocycles. The van der Waals surface area contributed by atoms with E-state index in [0.717, 1.165) is 13.0 Å². The quantitative estimate of drug-likeness (QED) is 0.826. The number of likely N-dealkylation sites (tertiary alicyclic amines) is 1. The molecule has 2 rings (SSSR count). The molecule has 4 nitrogen and oxygen atoms in total. The molecule has 3 unspecified atom stereocenters. The van der Waals surface area contributed by atoms with Gasteiger partial charge in [-0.25, -0.2) is 0 Å². The van der Waals surface area contributed by atoms with Gasteiger partial charge in [0.2, 0.25) is 5.91 Å². The lowest BCUT2D eigenvalue weighted by Gasteiger charge is -2.36. The topological polar surface area (TPSA) is 35.6 Å². The molecule has 1 amide bonds. The fourth-order valence-electron chi connectivity index (χ4n) is 3.19. The number of piperidine rings is 1. The molecule has 1 N–H and O–H groups in total. The van der Waals surface area contributed by atoms with Crippen molar-refractivity contribution in [1.82, 2.24) is 15.1 Å². The van der Waals surface area contributed by atoms with Crippen LogP contribution in [-0.4, -0.2) is 53.6 Å². The van der Waals surface area contributed by atoms with Crippen LogP contribution in [0.5, 0.6) is 0 Å². The molecule has 0 bridgehead atoms. The molecule has 3 atom stereocenters. The zero-order chi connectivity index (χ0) is 13.3. The molecule has 104 valence electrons. The van der Waals surface area contributed by atoms with Gasteiger partial charge < -0.3 is 9.80 Å². The van der Waals surface area contributed by atoms with Gasteiger partial charge in [0.05, 0.1) is 11.7 Å². The third-order valence-corrected chi connectivity index (χ3v) is 4.76. The Bertz CT molecular complexity index is 320. The van der Waals surface area contributed by atoms with E-state index in [4.69, 9.17) is 0 Å². The number of amides is 1. The molecular weight excluding hydrogens is 226 g/mol. The number of likely N-dealkylation sites (N-methyl/N-ethyl adjacent to an activating group) is 1. The van der Waals surface area contributed by atoms with E-state index in [0.29, 0.717) is 6.04 Å². The molecule has 2 fully saturated rings. The van der Waals surface area contributed by atoms with E-state index in [2.05, 4.69) is 31.1 Å². The Kier molecular flexibility index (Phi) is 3.97. The van der Waals surface area contributed by atoms with Crippen LogP contribution < -0.4 is 5.32 Å². The minimum absolute atomic E-state index is 0.165. The second-order valence-corrected chi connectivity index (χ2v) is 6.09. The highest BCUT2D eigenvalue weighted by atomic mass is 16.2. The van der Waals surface area contributed by atoms with Gasteiger partial charge in [0, 0.05) is 12.6 Å². The minimum Gasteiger partial charge on any atom is -0.324 e. The smallest absolute Gasteiger partial charge is 0.243 e. The fourth-order valence-corrected chi connectivity index (χ4v) is 3.19. The average molecular weight is 253 g/mol. The van der Waals surface area contributed by atoms with Crippen LogP contribution in [0.4, 0.5) is 0 Å². The van der Waals surface area contributed by atoms with Crippen molar-refractivity contribution in [1.29, 1.82) is 0 Å². The first-order valence-electron chi connectivity index (χ1n) is 7.27. The maximum atomic E-state index is 12.5. The Morgan fingerprint density at radius 3 is 2.72 bits per heavy atom. The highest BCUT2D eigenvalue weighted by molar-refractivity contribution is 5.88. The molecule has 0 aromatic rings. The predicted octanol–water partition coefficient (Wildman–Crippen LogP) is 1.42. The van der Waals surface area contributed by atoms with Crippen molar-refractivity contribution in [3.8, 4) is 0 Å². The summed E-state index contributed by atoms with van der Waals surface area (Å²) in [5, 5.41) is 3.44. The van der Waals surface area contributed by atoms with E-state index in [1.807, 2.05) is 11.8 Å². The first-order chi connectivity index (χ1) is 8.48. The summed E-state index contributed by atoms with van der Waals surface area (Å²) in [6.07, 6.45) is 4.83. The normalized spacial score (nSPS) is 38.4. The third-order valence-electron chi connectivity index (χ3n) is 4.76. The van der Waals surface area contributed by atoms with E-state index in [1.54, 1.807) is 0 Å². The number of nitrogens with one attached hydrogen (secondary N) is 1. The van der Waals surface area contributed by atoms with Gasteiger partial charge in [-0.3, -0.25) is 10.1 Å². The van der Waals surface area contributed by atoms with Crippen LogP contribution in [0.25, 0.3) is 0 Å². The van der Waals surface area contributed by atoms with Crippen LogP contribution >= 0.6 is 0 Å². The molecule has 2 heterocycles. The summed E-state index contributed by atoms with van der Waals surface area (Å²) < 4.78 is 0. The van der Waals surface area contributed by atoms with Crippen LogP contribution in [0.2, 0.25) is 0 Å². The van der Waals surface area contributed by atoms with Gasteiger partial charge in [0.1, 0.15) is 0 Å². The number of carbonyl (C=O) groups is 1. The summed E-state index contributed by atoms with van der Waals surface area (Å²) in [7, 11) is 2.18. The lowest BCUT2D eigenvalue weighted by Crippen LogP contribution is -2.48. The van der Waals surface area contributed by atoms with Crippen LogP contribution in [0.3, 0.4) is 0 Å². The Morgan fingerprint density at radius 2 is 2.17 bits per heavy atom. The maximum Gasteiger partial charge on any atom is 0.243 e. The molecule has 0 saturated carbocycles. The summed E-state index contributed by atoms with van der Waals surface area (Å²) >= 11 is 0. The summed E-state index contributed by atoms with van der Waals surface area (Å²) in [5.74, 6) is 0.275. The van der Waals surface area contributed by atoms with Crippen molar-refractivity contribution in [3.63, 3.8) is 0 Å². The SMILES string of the molecule is CCC1(C)NC(C)N(CC2CCCCN2C)C1=O. The van der Waals surface area contributed by atoms with E-state index >= 15 is 0 Å². The van der Waals surface area contributed by atoms with Gasteiger partial charge in [-0.2, -0.15) is 0 Å². The van der Waals surface area contributed by atoms with E-state index in [9.17, 15) is 4.79 Å². The molecule has 2 saturated heterocycles. The lowest BCUT2D eigenvalue weighted by molar-refractivity contribution is -0.133. The molecule has 18 heavy (non-hydrogen) atoms. The molecule has 2 aliphatic heterocycles. The van der Waals surface area contributed by atoms with E-state index in [-0.39, 0.29) is 17.6 Å². The first kappa shape index (κ1) is 13.8. The van der Waals surface area contributed by atoms with Gasteiger partial charge in [-0.1, -0.05) is 13.3 Å². The Morgan fingerprint density at radius 1 is 1.44 bits per heavy atom. The summed E-state index contributed by atoms with van der Waals surface area (Å²) in [6, 6.07) is 0.533. The molecule has 2 aliphatic rings. The maximum absolute atomic E-state index is 12.5. The molecule has 4 heteroatoms. The summed E-state index contributed by atoms with van der Waals surface area (Å²) in [5.41, 5.74) is -0.355. The number of rotatable bonds is 3. The van der Waals surface area contributed by atoms with Crippen molar-refractivity contribution in [3.05, 3.63) is 0 Å². The monoisotopic (exact) mass is 253 g/mol. The molecule has 0 aromatic carbocycles. The van der Waals surface area contributed by atoms with Crippen molar-refractivity contribution in [2.45, 2.75) is 64.2 Å². The fraction of sp³-hybridized carbons (Fsp3) is 0.929. The largest absolute Gasteiger partial charge is 0.324 e. The highest BCUT2D eigenvalue weighted by Crippen LogP contribution is 2.25. The van der Waals surface area contributed by atoms with Gasteiger partial charge >= 0.3 is 0 Å². The Balaban J connectivity index is 2.03. The zero-order valence-electron chi connectivity index (χ0n) is 12.2. The van der Waals surface area contributed by atoms with Gasteiger partial charge in [0.25, 0.3) is 0 Å². The predicted molar refractivity (Wildman–Crippen MR) is 73.3 cm³/mol. The van der Waals surface area contributed by atoms with Crippen molar-refractivity contribution >= 4 is 5.91 Å². The molecule has 0 spiro atoms. The Hall–Kier alpha value is -0.610. The molecular formula is C14H27N3O. The second-order valence-electron chi connectivity index (χ2n) is 6.09. The lowest BCUT2D eigenvalue weighted by atomic mass is 9.98. The Labute approximate surface area is 111 Å². The first-order valence-corrected chi connectivity index (χ1v) is 7.27. The molecule has 0 aliphatic carbocycles. The summed E-state index contributed by atoms with van der Waals surface area (Å²) in [6.45, 7) is 8.24. The van der Waals surface area contributed by atoms with Gasteiger partial charge in [-0.05, 0) is 46.7 Å². The molecule has 0 radical (unpaired) electrons. The minimum atomic E-state index is -0.355. The van der Waals surface area contributed by atoms with Crippen molar-refractivity contribution in [2.75, 3.05) is 20.1 Å². The highest BCUT2D eigenvalue weighted by Gasteiger charge is 2.45. The average Bonchev–Trinajstić information content (AvgIpc) is 2.56. The second kappa shape index (κ2) is 5.17. The third kappa shape index (κ3) is 2.41. The zero-order valence-corrected chi connectivity index (χ0v) is 12.2. The van der Waals surface area contributed by atoms with Gasteiger partial charge in [-0.15, -0.1) is 0 Å². The number of nitrogens with zero attached hydrogens (tertiary/aromatic N) is 2. The number of carbonyl (C=O) groups excluding carboxylic acids is 1. The standard InChI is InChI=1S/C14H27N3O/c1-5-14(3)13(18)17(11(2)15-14)10-12-8-6-7-9-16(12)4/h11-12,15H,5-10H2,1-4H3. The van der Waals surface area contributed by atoms with E-state index in [1.165, 1.54) is 25.8 Å². The number of hydrogen-bond acceptors (Lipinski definition) is 3. The van der Waals surface area contributed by atoms with Crippen LogP contribution in [0.1, 0.15) is 46.5 Å². The van der Waals surface area contributed by atoms with Crippen LogP contribution in [0, 0.1) is 0 Å². The van der Waals surface area contributed by atoms with Crippen molar-refractivity contribution < 1.29 is 4.79 Å². The number of hydrogen-bond donors (Lipinski definition) is 1. The summed E-state index contributed by atoms with van der Waals surface area (Å²) in [4.78, 5) is 16.9. The van der Waals surface area contributed by atoms with Crippen LogP contribution in [-0.2, 0) is 4.79 Å². The van der Waals surface area contributed by atoms with Gasteiger partial charge in [0.15, 0.2) is 0 Å². The van der Waals surface area contributed by atoms with Crippen LogP contribution in [0.15, 0.2) is 0 Å². The van der Waals surface area contributed by atoms with E-state index < -0.39 is 0 Å². The van der Waals surface area contributed by atoms with Crippen molar-refractivity contribution in [2.24, 2.45) is 0 Å².